The molecule has 1 saturated carbocycles. The maximum absolute atomic E-state index is 4.35. The average Bonchev–Trinajstić information content (AvgIpc) is 2.54. The van der Waals surface area contributed by atoms with Gasteiger partial charge < -0.3 is 5.32 Å². The van der Waals surface area contributed by atoms with Gasteiger partial charge in [0.15, 0.2) is 5.17 Å². The van der Waals surface area contributed by atoms with Gasteiger partial charge in [-0.15, -0.1) is 0 Å². The molecule has 2 atom stereocenters. The molecule has 1 aliphatic carbocycles. The standard InChI is InChI=1S/C8H14N2S/c1-2-6-5-7(6)10-8-9-3-4-11-8/h6-7H,2-5H2,1H3,(H,9,10). The Morgan fingerprint density at radius 3 is 3.18 bits per heavy atom. The van der Waals surface area contributed by atoms with Crippen molar-refractivity contribution in [1.82, 2.24) is 5.32 Å². The van der Waals surface area contributed by atoms with Crippen molar-refractivity contribution in [3.8, 4) is 0 Å². The Hall–Kier alpha value is -0.180. The summed E-state index contributed by atoms with van der Waals surface area (Å²) in [5, 5.41) is 4.65. The molecule has 0 amide bonds. The van der Waals surface area contributed by atoms with Crippen LogP contribution in [0.3, 0.4) is 0 Å². The van der Waals surface area contributed by atoms with Gasteiger partial charge in [0.2, 0.25) is 0 Å². The van der Waals surface area contributed by atoms with Crippen LogP contribution >= 0.6 is 11.8 Å². The molecule has 0 saturated heterocycles. The predicted octanol–water partition coefficient (Wildman–Crippen LogP) is 1.48. The Labute approximate surface area is 71.9 Å². The van der Waals surface area contributed by atoms with E-state index in [1.165, 1.54) is 23.8 Å². The number of rotatable bonds is 2. The number of amidine groups is 1. The van der Waals surface area contributed by atoms with E-state index in [1.807, 2.05) is 11.8 Å². The lowest BCUT2D eigenvalue weighted by Crippen LogP contribution is -2.22. The number of hydrogen-bond acceptors (Lipinski definition) is 3. The highest BCUT2D eigenvalue weighted by Gasteiger charge is 2.36. The number of nitrogens with one attached hydrogen (secondary N) is 1. The summed E-state index contributed by atoms with van der Waals surface area (Å²) in [6.45, 7) is 3.27. The van der Waals surface area contributed by atoms with Gasteiger partial charge in [0, 0.05) is 11.8 Å². The molecule has 2 rings (SSSR count). The quantitative estimate of drug-likeness (QED) is 0.679. The minimum Gasteiger partial charge on any atom is -0.362 e. The lowest BCUT2D eigenvalue weighted by molar-refractivity contribution is 0.726. The maximum atomic E-state index is 4.35. The summed E-state index contributed by atoms with van der Waals surface area (Å²) in [4.78, 5) is 4.35. The van der Waals surface area contributed by atoms with Crippen molar-refractivity contribution in [3.63, 3.8) is 0 Å². The van der Waals surface area contributed by atoms with E-state index in [4.69, 9.17) is 0 Å². The van der Waals surface area contributed by atoms with Crippen molar-refractivity contribution < 1.29 is 0 Å². The molecule has 2 nitrogen and oxygen atoms in total. The van der Waals surface area contributed by atoms with Crippen LogP contribution in [-0.4, -0.2) is 23.5 Å². The van der Waals surface area contributed by atoms with E-state index in [2.05, 4.69) is 17.2 Å². The Morgan fingerprint density at radius 2 is 2.64 bits per heavy atom. The number of aliphatic imine (C=N–C) groups is 1. The Bertz CT molecular complexity index is 179. The van der Waals surface area contributed by atoms with Gasteiger partial charge in [-0.2, -0.15) is 0 Å². The molecule has 1 aliphatic heterocycles. The Balaban J connectivity index is 1.75. The van der Waals surface area contributed by atoms with E-state index in [-0.39, 0.29) is 0 Å². The van der Waals surface area contributed by atoms with Crippen LogP contribution in [-0.2, 0) is 0 Å². The van der Waals surface area contributed by atoms with E-state index in [9.17, 15) is 0 Å². The fourth-order valence-corrected chi connectivity index (χ4v) is 2.25. The maximum Gasteiger partial charge on any atom is 0.156 e. The summed E-state index contributed by atoms with van der Waals surface area (Å²) < 4.78 is 0. The van der Waals surface area contributed by atoms with E-state index < -0.39 is 0 Å². The summed E-state index contributed by atoms with van der Waals surface area (Å²) in [6.07, 6.45) is 2.67. The minimum absolute atomic E-state index is 0.754. The summed E-state index contributed by atoms with van der Waals surface area (Å²) in [5.74, 6) is 2.10. The van der Waals surface area contributed by atoms with Gasteiger partial charge in [-0.05, 0) is 12.3 Å². The second kappa shape index (κ2) is 3.05. The molecule has 1 heterocycles. The van der Waals surface area contributed by atoms with E-state index >= 15 is 0 Å². The van der Waals surface area contributed by atoms with Gasteiger partial charge in [0.1, 0.15) is 0 Å². The van der Waals surface area contributed by atoms with Crippen molar-refractivity contribution in [3.05, 3.63) is 0 Å². The van der Waals surface area contributed by atoms with Crippen LogP contribution in [0.25, 0.3) is 0 Å². The van der Waals surface area contributed by atoms with Gasteiger partial charge >= 0.3 is 0 Å². The first-order chi connectivity index (χ1) is 5.40. The lowest BCUT2D eigenvalue weighted by Gasteiger charge is -2.01. The molecular formula is C8H14N2S. The number of nitrogens with zero attached hydrogens (tertiary/aromatic N) is 1. The SMILES string of the molecule is CCC1CC1NC1=NCCS1. The zero-order valence-corrected chi connectivity index (χ0v) is 7.66. The molecule has 0 aromatic rings. The Kier molecular flexibility index (Phi) is 2.07. The number of thioether (sulfide) groups is 1. The first-order valence-electron chi connectivity index (χ1n) is 4.34. The van der Waals surface area contributed by atoms with Crippen molar-refractivity contribution in [1.29, 1.82) is 0 Å². The van der Waals surface area contributed by atoms with Crippen LogP contribution in [0.15, 0.2) is 4.99 Å². The van der Waals surface area contributed by atoms with Crippen molar-refractivity contribution in [2.45, 2.75) is 25.8 Å². The molecule has 62 valence electrons. The van der Waals surface area contributed by atoms with E-state index in [1.54, 1.807) is 0 Å². The van der Waals surface area contributed by atoms with Gasteiger partial charge in [-0.25, -0.2) is 0 Å². The monoisotopic (exact) mass is 170 g/mol. The molecule has 0 bridgehead atoms. The van der Waals surface area contributed by atoms with Crippen LogP contribution in [0, 0.1) is 5.92 Å². The molecule has 0 aromatic carbocycles. The van der Waals surface area contributed by atoms with Crippen molar-refractivity contribution >= 4 is 16.9 Å². The largest absolute Gasteiger partial charge is 0.362 e. The zero-order chi connectivity index (χ0) is 7.68. The van der Waals surface area contributed by atoms with Crippen LogP contribution in [0.2, 0.25) is 0 Å². The number of hydrogen-bond donors (Lipinski definition) is 1. The third-order valence-electron chi connectivity index (χ3n) is 2.34. The molecule has 11 heavy (non-hydrogen) atoms. The molecule has 2 unspecified atom stereocenters. The van der Waals surface area contributed by atoms with Gasteiger partial charge in [-0.1, -0.05) is 25.1 Å². The summed E-state index contributed by atoms with van der Waals surface area (Å²) in [5.41, 5.74) is 0. The molecular weight excluding hydrogens is 156 g/mol. The highest BCUT2D eigenvalue weighted by molar-refractivity contribution is 8.14. The molecule has 3 heteroatoms. The summed E-state index contributed by atoms with van der Waals surface area (Å²) >= 11 is 1.86. The van der Waals surface area contributed by atoms with Gasteiger partial charge in [0.05, 0.1) is 6.54 Å². The topological polar surface area (TPSA) is 24.4 Å². The van der Waals surface area contributed by atoms with Crippen molar-refractivity contribution in [2.24, 2.45) is 10.9 Å². The highest BCUT2D eigenvalue weighted by Crippen LogP contribution is 2.33. The second-order valence-electron chi connectivity index (χ2n) is 3.19. The minimum atomic E-state index is 0.754. The molecule has 0 spiro atoms. The third kappa shape index (κ3) is 1.70. The van der Waals surface area contributed by atoms with Crippen LogP contribution in [0.4, 0.5) is 0 Å². The van der Waals surface area contributed by atoms with Crippen LogP contribution < -0.4 is 5.32 Å². The summed E-state index contributed by atoms with van der Waals surface area (Å²) in [6, 6.07) is 0.754. The fraction of sp³-hybridized carbons (Fsp3) is 0.875. The van der Waals surface area contributed by atoms with Crippen molar-refractivity contribution in [2.75, 3.05) is 12.3 Å². The van der Waals surface area contributed by atoms with Gasteiger partial charge in [0.25, 0.3) is 0 Å². The van der Waals surface area contributed by atoms with Gasteiger partial charge in [-0.3, -0.25) is 4.99 Å². The molecule has 1 fully saturated rings. The fourth-order valence-electron chi connectivity index (χ4n) is 1.46. The normalized spacial score (nSPS) is 35.2. The first-order valence-corrected chi connectivity index (χ1v) is 5.32. The molecule has 2 aliphatic rings. The third-order valence-corrected chi connectivity index (χ3v) is 3.25. The van der Waals surface area contributed by atoms with Crippen LogP contribution in [0.1, 0.15) is 19.8 Å². The van der Waals surface area contributed by atoms with E-state index in [0.29, 0.717) is 0 Å². The summed E-state index contributed by atoms with van der Waals surface area (Å²) in [7, 11) is 0. The van der Waals surface area contributed by atoms with E-state index in [0.717, 1.165) is 18.5 Å². The molecule has 0 aromatic heterocycles. The molecule has 1 N–H and O–H groups in total. The average molecular weight is 170 g/mol. The smallest absolute Gasteiger partial charge is 0.156 e. The van der Waals surface area contributed by atoms with Crippen LogP contribution in [0.5, 0.6) is 0 Å². The molecule has 0 radical (unpaired) electrons. The predicted molar refractivity (Wildman–Crippen MR) is 50.1 cm³/mol. The zero-order valence-electron chi connectivity index (χ0n) is 6.84. The first kappa shape index (κ1) is 7.47. The lowest BCUT2D eigenvalue weighted by atomic mass is 10.3. The Morgan fingerprint density at radius 1 is 1.73 bits per heavy atom. The highest BCUT2D eigenvalue weighted by atomic mass is 32.2. The second-order valence-corrected chi connectivity index (χ2v) is 4.27.